The first kappa shape index (κ1) is 11.3. The minimum atomic E-state index is 0. The van der Waals surface area contributed by atoms with E-state index in [0.717, 1.165) is 0 Å². The molecule has 1 heterocycles. The first-order valence-electron chi connectivity index (χ1n) is 1.88. The highest BCUT2D eigenvalue weighted by Gasteiger charge is 1.77. The van der Waals surface area contributed by atoms with Gasteiger partial charge in [0.1, 0.15) is 0 Å². The zero-order valence-corrected chi connectivity index (χ0v) is 6.06. The van der Waals surface area contributed by atoms with Crippen LogP contribution < -0.4 is 0 Å². The molecule has 0 N–H and O–H groups in total. The fourth-order valence-corrected chi connectivity index (χ4v) is 0.343. The zero-order chi connectivity index (χ0) is 5.11. The summed E-state index contributed by atoms with van der Waals surface area (Å²) in [4.78, 5) is 9.77. The lowest BCUT2D eigenvalue weighted by Crippen LogP contribution is -1.91. The molecule has 5 heteroatoms. The summed E-state index contributed by atoms with van der Waals surface area (Å²) in [6, 6.07) is 1.69. The van der Waals surface area contributed by atoms with Crippen molar-refractivity contribution in [3.63, 3.8) is 0 Å². The molecule has 0 aliphatic heterocycles. The molecule has 0 aromatic carbocycles. The third-order valence-corrected chi connectivity index (χ3v) is 0.633. The Bertz CT molecular complexity index is 152. The number of rotatable bonds is 1. The standard InChI is InChI=1S/C4H4N2O.2ClH/c7-4-6-3-1-2-5-6;;/h1-4H;2*1H. The van der Waals surface area contributed by atoms with Gasteiger partial charge in [0, 0.05) is 12.4 Å². The molecule has 0 atom stereocenters. The van der Waals surface area contributed by atoms with Crippen LogP contribution in [0.4, 0.5) is 0 Å². The second kappa shape index (κ2) is 5.59. The van der Waals surface area contributed by atoms with E-state index in [0.29, 0.717) is 6.41 Å². The molecule has 1 aromatic rings. The van der Waals surface area contributed by atoms with E-state index < -0.39 is 0 Å². The maximum atomic E-state index is 9.77. The average Bonchev–Trinajstić information content (AvgIpc) is 2.14. The Morgan fingerprint density at radius 2 is 2.11 bits per heavy atom. The fourth-order valence-electron chi connectivity index (χ4n) is 0.343. The van der Waals surface area contributed by atoms with Gasteiger partial charge in [-0.25, -0.2) is 4.68 Å². The van der Waals surface area contributed by atoms with Gasteiger partial charge in [0.25, 0.3) is 0 Å². The second-order valence-corrected chi connectivity index (χ2v) is 1.09. The van der Waals surface area contributed by atoms with Crippen LogP contribution in [0.2, 0.25) is 0 Å². The topological polar surface area (TPSA) is 34.9 Å². The van der Waals surface area contributed by atoms with Crippen molar-refractivity contribution in [3.8, 4) is 0 Å². The lowest BCUT2D eigenvalue weighted by Gasteiger charge is -1.76. The molecule has 9 heavy (non-hydrogen) atoms. The van der Waals surface area contributed by atoms with Crippen molar-refractivity contribution in [1.29, 1.82) is 0 Å². The molecule has 0 unspecified atom stereocenters. The molecule has 3 nitrogen and oxygen atoms in total. The highest BCUT2D eigenvalue weighted by Crippen LogP contribution is 1.74. The summed E-state index contributed by atoms with van der Waals surface area (Å²) in [5.41, 5.74) is 0. The van der Waals surface area contributed by atoms with Crippen molar-refractivity contribution in [2.24, 2.45) is 0 Å². The van der Waals surface area contributed by atoms with Crippen LogP contribution in [-0.2, 0) is 4.79 Å². The molecule has 0 radical (unpaired) electrons. The number of carbonyl (C=O) groups excluding carboxylic acids is 1. The van der Waals surface area contributed by atoms with E-state index in [4.69, 9.17) is 0 Å². The first-order chi connectivity index (χ1) is 3.43. The zero-order valence-electron chi connectivity index (χ0n) is 4.43. The van der Waals surface area contributed by atoms with E-state index >= 15 is 0 Å². The van der Waals surface area contributed by atoms with E-state index in [2.05, 4.69) is 5.10 Å². The number of hydrogen-bond acceptors (Lipinski definition) is 2. The highest BCUT2D eigenvalue weighted by atomic mass is 35.5. The quantitative estimate of drug-likeness (QED) is 0.581. The number of carbonyl (C=O) groups is 1. The van der Waals surface area contributed by atoms with Gasteiger partial charge in [0.2, 0.25) is 6.41 Å². The molecule has 0 spiro atoms. The summed E-state index contributed by atoms with van der Waals surface area (Å²) in [5, 5.41) is 3.58. The Hall–Kier alpha value is -0.540. The second-order valence-electron chi connectivity index (χ2n) is 1.09. The summed E-state index contributed by atoms with van der Waals surface area (Å²) in [5.74, 6) is 0. The van der Waals surface area contributed by atoms with Gasteiger partial charge in [0.15, 0.2) is 0 Å². The minimum absolute atomic E-state index is 0. The third kappa shape index (κ3) is 3.11. The first-order valence-corrected chi connectivity index (χ1v) is 1.88. The van der Waals surface area contributed by atoms with Crippen molar-refractivity contribution >= 4 is 31.2 Å². The van der Waals surface area contributed by atoms with Crippen molar-refractivity contribution in [1.82, 2.24) is 9.78 Å². The monoisotopic (exact) mass is 168 g/mol. The number of nitrogens with zero attached hydrogens (tertiary/aromatic N) is 2. The summed E-state index contributed by atoms with van der Waals surface area (Å²) < 4.78 is 1.19. The van der Waals surface area contributed by atoms with Crippen molar-refractivity contribution in [3.05, 3.63) is 18.5 Å². The molecule has 0 bridgehead atoms. The maximum absolute atomic E-state index is 9.77. The van der Waals surface area contributed by atoms with Crippen LogP contribution in [0.1, 0.15) is 0 Å². The Morgan fingerprint density at radius 1 is 1.44 bits per heavy atom. The number of aromatic nitrogens is 2. The lowest BCUT2D eigenvalue weighted by molar-refractivity contribution is 0.540. The number of hydrogen-bond donors (Lipinski definition) is 0. The van der Waals surface area contributed by atoms with Crippen LogP contribution in [0.3, 0.4) is 0 Å². The molecule has 0 fully saturated rings. The number of halogens is 2. The molecule has 52 valence electrons. The maximum Gasteiger partial charge on any atom is 0.234 e. The fraction of sp³-hybridized carbons (Fsp3) is 0. The predicted molar refractivity (Wildman–Crippen MR) is 38.9 cm³/mol. The summed E-state index contributed by atoms with van der Waals surface area (Å²) in [6.07, 6.45) is 3.77. The van der Waals surface area contributed by atoms with Crippen LogP contribution in [0.5, 0.6) is 0 Å². The van der Waals surface area contributed by atoms with Crippen LogP contribution in [-0.4, -0.2) is 16.2 Å². The molecule has 0 amide bonds. The van der Waals surface area contributed by atoms with Gasteiger partial charge >= 0.3 is 0 Å². The van der Waals surface area contributed by atoms with Gasteiger partial charge in [-0.3, -0.25) is 4.79 Å². The minimum Gasteiger partial charge on any atom is -0.276 e. The highest BCUT2D eigenvalue weighted by molar-refractivity contribution is 5.85. The van der Waals surface area contributed by atoms with Gasteiger partial charge in [-0.1, -0.05) is 0 Å². The van der Waals surface area contributed by atoms with Crippen LogP contribution >= 0.6 is 24.8 Å². The molecule has 1 rings (SSSR count). The molecule has 0 aliphatic carbocycles. The summed E-state index contributed by atoms with van der Waals surface area (Å²) in [7, 11) is 0. The van der Waals surface area contributed by atoms with Gasteiger partial charge in [-0.15, -0.1) is 24.8 Å². The van der Waals surface area contributed by atoms with E-state index in [1.54, 1.807) is 18.5 Å². The Morgan fingerprint density at radius 3 is 2.33 bits per heavy atom. The Labute approximate surface area is 64.9 Å². The molecule has 0 saturated heterocycles. The summed E-state index contributed by atoms with van der Waals surface area (Å²) in [6.45, 7) is 0. The van der Waals surface area contributed by atoms with E-state index in [1.165, 1.54) is 4.68 Å². The third-order valence-electron chi connectivity index (χ3n) is 0.633. The lowest BCUT2D eigenvalue weighted by atomic mass is 10.8. The van der Waals surface area contributed by atoms with Gasteiger partial charge < -0.3 is 0 Å². The smallest absolute Gasteiger partial charge is 0.234 e. The van der Waals surface area contributed by atoms with Crippen molar-refractivity contribution in [2.75, 3.05) is 0 Å². The Balaban J connectivity index is 0. The van der Waals surface area contributed by atoms with Crippen LogP contribution in [0.25, 0.3) is 0 Å². The van der Waals surface area contributed by atoms with Crippen molar-refractivity contribution in [2.45, 2.75) is 0 Å². The normalized spacial score (nSPS) is 6.67. The van der Waals surface area contributed by atoms with Crippen LogP contribution in [0, 0.1) is 0 Å². The van der Waals surface area contributed by atoms with E-state index in [-0.39, 0.29) is 24.8 Å². The van der Waals surface area contributed by atoms with Gasteiger partial charge in [-0.2, -0.15) is 5.10 Å². The molecule has 0 saturated carbocycles. The summed E-state index contributed by atoms with van der Waals surface area (Å²) >= 11 is 0. The molecular weight excluding hydrogens is 163 g/mol. The molecular formula is C4H6Cl2N2O. The van der Waals surface area contributed by atoms with E-state index in [1.807, 2.05) is 0 Å². The average molecular weight is 169 g/mol. The van der Waals surface area contributed by atoms with Crippen LogP contribution in [0.15, 0.2) is 18.5 Å². The molecule has 1 aromatic heterocycles. The largest absolute Gasteiger partial charge is 0.276 e. The predicted octanol–water partition coefficient (Wildman–Crippen LogP) is 0.765. The van der Waals surface area contributed by atoms with Gasteiger partial charge in [0.05, 0.1) is 0 Å². The Kier molecular flexibility index (Phi) is 7.01. The SMILES string of the molecule is Cl.Cl.O=Cn1cccn1. The van der Waals surface area contributed by atoms with E-state index in [9.17, 15) is 4.79 Å². The van der Waals surface area contributed by atoms with Crippen molar-refractivity contribution < 1.29 is 4.79 Å². The molecule has 0 aliphatic rings. The van der Waals surface area contributed by atoms with Gasteiger partial charge in [-0.05, 0) is 6.07 Å².